The molecule has 4 rings (SSSR count). The number of carbonyl (C=O) groups excluding carboxylic acids is 1. The van der Waals surface area contributed by atoms with Crippen LogP contribution in [0.5, 0.6) is 0 Å². The van der Waals surface area contributed by atoms with E-state index in [1.165, 1.54) is 0 Å². The summed E-state index contributed by atoms with van der Waals surface area (Å²) in [5.74, 6) is 1.48. The average Bonchev–Trinajstić information content (AvgIpc) is 3.18. The predicted molar refractivity (Wildman–Crippen MR) is 103 cm³/mol. The number of pyridine rings is 2. The topological polar surface area (TPSA) is 74.2 Å². The SMILES string of the molecule is CN1CCN(c2ccc(Nc3cccc(-c4nccs4)n3)nc2)C(=O)C1. The summed E-state index contributed by atoms with van der Waals surface area (Å²) in [5, 5.41) is 6.01. The van der Waals surface area contributed by atoms with Gasteiger partial charge in [-0.2, -0.15) is 0 Å². The Morgan fingerprint density at radius 1 is 1.12 bits per heavy atom. The van der Waals surface area contributed by atoms with E-state index in [0.29, 0.717) is 24.7 Å². The predicted octanol–water partition coefficient (Wildman–Crippen LogP) is 2.62. The van der Waals surface area contributed by atoms with Gasteiger partial charge in [-0.15, -0.1) is 11.3 Å². The Hall–Kier alpha value is -2.84. The van der Waals surface area contributed by atoms with E-state index in [9.17, 15) is 4.79 Å². The molecule has 0 atom stereocenters. The van der Waals surface area contributed by atoms with Crippen molar-refractivity contribution in [1.29, 1.82) is 0 Å². The van der Waals surface area contributed by atoms with E-state index in [1.54, 1.807) is 28.6 Å². The van der Waals surface area contributed by atoms with Crippen molar-refractivity contribution in [1.82, 2.24) is 19.9 Å². The van der Waals surface area contributed by atoms with Gasteiger partial charge in [0.1, 0.15) is 22.3 Å². The molecule has 0 aromatic carbocycles. The van der Waals surface area contributed by atoms with Crippen LogP contribution in [0.25, 0.3) is 10.7 Å². The fraction of sp³-hybridized carbons (Fsp3) is 0.222. The Balaban J connectivity index is 1.48. The molecule has 0 aliphatic carbocycles. The van der Waals surface area contributed by atoms with Crippen molar-refractivity contribution in [2.75, 3.05) is 36.9 Å². The molecule has 1 aliphatic heterocycles. The van der Waals surface area contributed by atoms with Crippen LogP contribution in [0.15, 0.2) is 48.1 Å². The van der Waals surface area contributed by atoms with Gasteiger partial charge in [0.05, 0.1) is 18.4 Å². The van der Waals surface area contributed by atoms with E-state index in [0.717, 1.165) is 22.9 Å². The van der Waals surface area contributed by atoms with Crippen LogP contribution in [0.1, 0.15) is 0 Å². The third-order valence-electron chi connectivity index (χ3n) is 4.13. The standard InChI is InChI=1S/C18H18N6OS/c1-23-8-9-24(17(25)12-23)13-5-6-15(20-11-13)22-16-4-2-3-14(21-16)18-19-7-10-26-18/h2-7,10-11H,8-9,12H2,1H3,(H,20,21,22). The highest BCUT2D eigenvalue weighted by Crippen LogP contribution is 2.23. The molecule has 7 nitrogen and oxygen atoms in total. The summed E-state index contributed by atoms with van der Waals surface area (Å²) in [6.45, 7) is 1.98. The number of anilines is 3. The fourth-order valence-electron chi connectivity index (χ4n) is 2.79. The van der Waals surface area contributed by atoms with E-state index in [-0.39, 0.29) is 5.91 Å². The second-order valence-electron chi connectivity index (χ2n) is 6.06. The number of likely N-dealkylation sites (N-methyl/N-ethyl adjacent to an activating group) is 1. The van der Waals surface area contributed by atoms with Crippen molar-refractivity contribution in [2.24, 2.45) is 0 Å². The molecule has 3 aromatic rings. The van der Waals surface area contributed by atoms with Gasteiger partial charge in [0.2, 0.25) is 5.91 Å². The Morgan fingerprint density at radius 2 is 2.04 bits per heavy atom. The molecule has 26 heavy (non-hydrogen) atoms. The van der Waals surface area contributed by atoms with Crippen LogP contribution in [0.3, 0.4) is 0 Å². The maximum absolute atomic E-state index is 12.2. The number of nitrogens with one attached hydrogen (secondary N) is 1. The smallest absolute Gasteiger partial charge is 0.241 e. The minimum Gasteiger partial charge on any atom is -0.325 e. The Labute approximate surface area is 155 Å². The van der Waals surface area contributed by atoms with Crippen LogP contribution in [-0.4, -0.2) is 52.4 Å². The maximum atomic E-state index is 12.2. The largest absolute Gasteiger partial charge is 0.325 e. The Morgan fingerprint density at radius 3 is 2.77 bits per heavy atom. The van der Waals surface area contributed by atoms with Gasteiger partial charge in [-0.05, 0) is 31.3 Å². The van der Waals surface area contributed by atoms with Crippen molar-refractivity contribution in [3.8, 4) is 10.7 Å². The van der Waals surface area contributed by atoms with E-state index in [2.05, 4.69) is 20.3 Å². The number of hydrogen-bond acceptors (Lipinski definition) is 7. The normalized spacial score (nSPS) is 15.3. The van der Waals surface area contributed by atoms with Crippen molar-refractivity contribution in [3.63, 3.8) is 0 Å². The summed E-state index contributed by atoms with van der Waals surface area (Å²) >= 11 is 1.55. The molecule has 132 valence electrons. The lowest BCUT2D eigenvalue weighted by molar-refractivity contribution is -0.120. The molecule has 8 heteroatoms. The number of aromatic nitrogens is 3. The first kappa shape index (κ1) is 16.6. The van der Waals surface area contributed by atoms with Crippen LogP contribution in [-0.2, 0) is 4.79 Å². The lowest BCUT2D eigenvalue weighted by Gasteiger charge is -2.31. The van der Waals surface area contributed by atoms with Crippen LogP contribution in [0.2, 0.25) is 0 Å². The third-order valence-corrected chi connectivity index (χ3v) is 4.92. The summed E-state index contributed by atoms with van der Waals surface area (Å²) < 4.78 is 0. The number of carbonyl (C=O) groups is 1. The zero-order valence-corrected chi connectivity index (χ0v) is 15.1. The van der Waals surface area contributed by atoms with Crippen LogP contribution in [0, 0.1) is 0 Å². The van der Waals surface area contributed by atoms with Crippen LogP contribution in [0.4, 0.5) is 17.3 Å². The minimum absolute atomic E-state index is 0.0964. The number of thiazole rings is 1. The Bertz CT molecular complexity index is 896. The number of amides is 1. The molecule has 1 saturated heterocycles. The molecule has 3 aromatic heterocycles. The second kappa shape index (κ2) is 7.19. The molecule has 0 unspecified atom stereocenters. The monoisotopic (exact) mass is 366 g/mol. The molecule has 0 radical (unpaired) electrons. The van der Waals surface area contributed by atoms with Crippen LogP contribution < -0.4 is 10.2 Å². The third kappa shape index (κ3) is 3.56. The van der Waals surface area contributed by atoms with Gasteiger partial charge in [0.25, 0.3) is 0 Å². The van der Waals surface area contributed by atoms with Gasteiger partial charge >= 0.3 is 0 Å². The van der Waals surface area contributed by atoms with E-state index >= 15 is 0 Å². The molecule has 0 saturated carbocycles. The summed E-state index contributed by atoms with van der Waals surface area (Å²) in [7, 11) is 1.95. The second-order valence-corrected chi connectivity index (χ2v) is 6.95. The van der Waals surface area contributed by atoms with E-state index in [1.807, 2.05) is 47.7 Å². The quantitative estimate of drug-likeness (QED) is 0.765. The van der Waals surface area contributed by atoms with Gasteiger partial charge in [-0.1, -0.05) is 6.07 Å². The lowest BCUT2D eigenvalue weighted by Crippen LogP contribution is -2.48. The summed E-state index contributed by atoms with van der Waals surface area (Å²) in [5.41, 5.74) is 1.64. The van der Waals surface area contributed by atoms with Crippen molar-refractivity contribution >= 4 is 34.6 Å². The molecule has 1 aliphatic rings. The zero-order valence-electron chi connectivity index (χ0n) is 14.3. The van der Waals surface area contributed by atoms with Gasteiger partial charge in [-0.25, -0.2) is 15.0 Å². The van der Waals surface area contributed by atoms with Crippen LogP contribution >= 0.6 is 11.3 Å². The van der Waals surface area contributed by atoms with Crippen molar-refractivity contribution in [2.45, 2.75) is 0 Å². The van der Waals surface area contributed by atoms with Gasteiger partial charge in [0.15, 0.2) is 0 Å². The van der Waals surface area contributed by atoms with Crippen molar-refractivity contribution < 1.29 is 4.79 Å². The number of nitrogens with zero attached hydrogens (tertiary/aromatic N) is 5. The number of rotatable bonds is 4. The zero-order chi connectivity index (χ0) is 17.9. The van der Waals surface area contributed by atoms with Gasteiger partial charge in [0, 0.05) is 24.7 Å². The first-order valence-corrected chi connectivity index (χ1v) is 9.16. The Kier molecular flexibility index (Phi) is 4.59. The van der Waals surface area contributed by atoms with Crippen molar-refractivity contribution in [3.05, 3.63) is 48.1 Å². The van der Waals surface area contributed by atoms with Gasteiger partial charge in [-0.3, -0.25) is 9.69 Å². The molecule has 0 spiro atoms. The fourth-order valence-corrected chi connectivity index (χ4v) is 3.39. The van der Waals surface area contributed by atoms with Gasteiger partial charge < -0.3 is 10.2 Å². The summed E-state index contributed by atoms with van der Waals surface area (Å²) in [6, 6.07) is 9.52. The highest BCUT2D eigenvalue weighted by atomic mass is 32.1. The highest BCUT2D eigenvalue weighted by Gasteiger charge is 2.22. The summed E-state index contributed by atoms with van der Waals surface area (Å²) in [4.78, 5) is 29.2. The maximum Gasteiger partial charge on any atom is 0.241 e. The molecular formula is C18H18N6OS. The average molecular weight is 366 g/mol. The molecule has 4 heterocycles. The number of hydrogen-bond donors (Lipinski definition) is 1. The summed E-state index contributed by atoms with van der Waals surface area (Å²) in [6.07, 6.45) is 3.48. The highest BCUT2D eigenvalue weighted by molar-refractivity contribution is 7.13. The molecular weight excluding hydrogens is 348 g/mol. The molecule has 1 amide bonds. The molecule has 1 fully saturated rings. The number of piperazine rings is 1. The first-order chi connectivity index (χ1) is 12.7. The molecule has 1 N–H and O–H groups in total. The molecule has 0 bridgehead atoms. The van der Waals surface area contributed by atoms with E-state index < -0.39 is 0 Å². The first-order valence-electron chi connectivity index (χ1n) is 8.28. The lowest BCUT2D eigenvalue weighted by atomic mass is 10.2. The minimum atomic E-state index is 0.0964. The van der Waals surface area contributed by atoms with E-state index in [4.69, 9.17) is 0 Å².